The van der Waals surface area contributed by atoms with Crippen molar-refractivity contribution in [3.8, 4) is 0 Å². The van der Waals surface area contributed by atoms with Gasteiger partial charge in [-0.3, -0.25) is 19.2 Å². The summed E-state index contributed by atoms with van der Waals surface area (Å²) in [5.74, 6) is -2.21. The molecule has 0 saturated heterocycles. The molecule has 218 valence electrons. The molecule has 0 aliphatic carbocycles. The Morgan fingerprint density at radius 1 is 0.897 bits per heavy atom. The first kappa shape index (κ1) is 33.9. The van der Waals surface area contributed by atoms with Crippen molar-refractivity contribution in [2.45, 2.75) is 76.5 Å². The Bertz CT molecular complexity index is 917. The van der Waals surface area contributed by atoms with Crippen LogP contribution < -0.4 is 27.0 Å². The average Bonchev–Trinajstić information content (AvgIpc) is 2.89. The number of unbranched alkanes of at least 4 members (excludes halogenated alkanes) is 1. The van der Waals surface area contributed by atoms with E-state index in [0.29, 0.717) is 44.4 Å². The quantitative estimate of drug-likeness (QED) is 0.0992. The van der Waals surface area contributed by atoms with Gasteiger partial charge in [0, 0.05) is 6.42 Å². The van der Waals surface area contributed by atoms with E-state index in [1.165, 1.54) is 11.8 Å². The fraction of sp³-hybridized carbons (Fsp3) is 0.593. The predicted octanol–water partition coefficient (Wildman–Crippen LogP) is 0.811. The number of rotatable bonds is 20. The van der Waals surface area contributed by atoms with Crippen molar-refractivity contribution in [3.05, 3.63) is 35.9 Å². The lowest BCUT2D eigenvalue weighted by molar-refractivity contribution is -0.142. The highest BCUT2D eigenvalue weighted by atomic mass is 32.2. The number of benzene rings is 1. The fourth-order valence-electron chi connectivity index (χ4n) is 3.94. The monoisotopic (exact) mass is 565 g/mol. The van der Waals surface area contributed by atoms with Crippen molar-refractivity contribution < 1.29 is 29.1 Å². The molecule has 1 aromatic carbocycles. The van der Waals surface area contributed by atoms with E-state index in [2.05, 4.69) is 21.3 Å². The summed E-state index contributed by atoms with van der Waals surface area (Å²) in [6, 6.07) is 5.06. The van der Waals surface area contributed by atoms with E-state index in [1.807, 2.05) is 26.2 Å². The first-order chi connectivity index (χ1) is 18.6. The van der Waals surface area contributed by atoms with Crippen molar-refractivity contribution in [1.82, 2.24) is 21.3 Å². The Balaban J connectivity index is 3.13. The van der Waals surface area contributed by atoms with Crippen LogP contribution >= 0.6 is 11.8 Å². The van der Waals surface area contributed by atoms with Gasteiger partial charge >= 0.3 is 5.97 Å². The third kappa shape index (κ3) is 13.5. The van der Waals surface area contributed by atoms with Gasteiger partial charge in [0.1, 0.15) is 24.2 Å². The van der Waals surface area contributed by atoms with E-state index in [1.54, 1.807) is 24.3 Å². The maximum absolute atomic E-state index is 13.4. The zero-order valence-corrected chi connectivity index (χ0v) is 23.8. The van der Waals surface area contributed by atoms with Crippen LogP contribution in [0.1, 0.15) is 51.5 Å². The van der Waals surface area contributed by atoms with E-state index in [-0.39, 0.29) is 18.8 Å². The van der Waals surface area contributed by atoms with Crippen LogP contribution in [0.15, 0.2) is 30.3 Å². The summed E-state index contributed by atoms with van der Waals surface area (Å²) in [5.41, 5.74) is 6.27. The molecule has 11 nitrogen and oxygen atoms in total. The number of carboxylic acid groups (broad SMARTS) is 1. The molecule has 1 aromatic rings. The minimum Gasteiger partial charge on any atom is -0.480 e. The van der Waals surface area contributed by atoms with Crippen molar-refractivity contribution in [1.29, 1.82) is 0 Å². The summed E-state index contributed by atoms with van der Waals surface area (Å²) in [7, 11) is 0. The smallest absolute Gasteiger partial charge is 0.326 e. The Kier molecular flexibility index (Phi) is 16.5. The molecule has 7 N–H and O–H groups in total. The first-order valence-electron chi connectivity index (χ1n) is 13.2. The number of hydrogen-bond donors (Lipinski definition) is 6. The lowest BCUT2D eigenvalue weighted by Crippen LogP contribution is -2.58. The Morgan fingerprint density at radius 2 is 1.49 bits per heavy atom. The van der Waals surface area contributed by atoms with Crippen molar-refractivity contribution in [3.63, 3.8) is 0 Å². The van der Waals surface area contributed by atoms with Crippen molar-refractivity contribution >= 4 is 41.9 Å². The number of amides is 4. The van der Waals surface area contributed by atoms with Crippen LogP contribution in [-0.4, -0.2) is 77.9 Å². The van der Waals surface area contributed by atoms with Gasteiger partial charge in [0.25, 0.3) is 0 Å². The van der Waals surface area contributed by atoms with Gasteiger partial charge < -0.3 is 32.1 Å². The van der Waals surface area contributed by atoms with Crippen LogP contribution in [0.25, 0.3) is 0 Å². The number of hydrogen-bond acceptors (Lipinski definition) is 7. The van der Waals surface area contributed by atoms with E-state index >= 15 is 0 Å². The van der Waals surface area contributed by atoms with Gasteiger partial charge in [-0.25, -0.2) is 4.79 Å². The summed E-state index contributed by atoms with van der Waals surface area (Å²) in [6.45, 7) is 4.21. The van der Waals surface area contributed by atoms with Crippen LogP contribution in [0.2, 0.25) is 0 Å². The van der Waals surface area contributed by atoms with Crippen LogP contribution in [0.3, 0.4) is 0 Å². The number of aliphatic carboxylic acids is 1. The van der Waals surface area contributed by atoms with Gasteiger partial charge in [0.15, 0.2) is 0 Å². The third-order valence-corrected chi connectivity index (χ3v) is 6.66. The molecule has 0 fully saturated rings. The SMILES string of the molecule is CSCC[C@H](NC=O)C(=O)N[C@H](CC(C)C)C(=O)N[C@@H](Cc1ccccc1)C(=O)N[C@@H](CCCCN)C(=O)O. The summed E-state index contributed by atoms with van der Waals surface area (Å²) >= 11 is 1.53. The summed E-state index contributed by atoms with van der Waals surface area (Å²) in [4.78, 5) is 62.4. The van der Waals surface area contributed by atoms with Gasteiger partial charge in [-0.2, -0.15) is 11.8 Å². The summed E-state index contributed by atoms with van der Waals surface area (Å²) in [6.07, 6.45) is 4.50. The molecule has 0 aliphatic rings. The molecule has 39 heavy (non-hydrogen) atoms. The van der Waals surface area contributed by atoms with E-state index < -0.39 is 47.9 Å². The highest BCUT2D eigenvalue weighted by Gasteiger charge is 2.31. The van der Waals surface area contributed by atoms with Gasteiger partial charge in [0.2, 0.25) is 24.1 Å². The van der Waals surface area contributed by atoms with Crippen LogP contribution in [-0.2, 0) is 30.4 Å². The second kappa shape index (κ2) is 19.0. The van der Waals surface area contributed by atoms with Crippen molar-refractivity contribution in [2.24, 2.45) is 11.7 Å². The third-order valence-electron chi connectivity index (χ3n) is 6.01. The Labute approximate surface area is 234 Å². The van der Waals surface area contributed by atoms with E-state index in [9.17, 15) is 29.1 Å². The van der Waals surface area contributed by atoms with Gasteiger partial charge in [-0.05, 0) is 62.1 Å². The average molecular weight is 566 g/mol. The molecule has 0 radical (unpaired) electrons. The standard InChI is InChI=1S/C27H43N5O6S/c1-18(2)15-22(31-24(34)20(29-17-33)12-14-39-3)25(35)32-23(16-19-9-5-4-6-10-19)26(36)30-21(27(37)38)11-7-8-13-28/h4-6,9-10,17-18,20-23H,7-8,11-16,28H2,1-3H3,(H,29,33)(H,30,36)(H,31,34)(H,32,35)(H,37,38)/t20-,21-,22+,23-/m0/s1. The highest BCUT2D eigenvalue weighted by molar-refractivity contribution is 7.98. The number of carbonyl (C=O) groups is 5. The molecule has 0 aromatic heterocycles. The Morgan fingerprint density at radius 3 is 2.05 bits per heavy atom. The van der Waals surface area contributed by atoms with Gasteiger partial charge in [-0.1, -0.05) is 44.2 Å². The molecule has 0 aliphatic heterocycles. The topological polar surface area (TPSA) is 180 Å². The number of thioether (sulfide) groups is 1. The number of nitrogens with two attached hydrogens (primary N) is 1. The highest BCUT2D eigenvalue weighted by Crippen LogP contribution is 2.10. The molecule has 0 spiro atoms. The molecule has 0 bridgehead atoms. The minimum atomic E-state index is -1.17. The molecular formula is C27H43N5O6S. The maximum Gasteiger partial charge on any atom is 0.326 e. The molecule has 0 heterocycles. The molecule has 0 unspecified atom stereocenters. The first-order valence-corrected chi connectivity index (χ1v) is 14.6. The molecule has 1 rings (SSSR count). The number of carbonyl (C=O) groups excluding carboxylic acids is 4. The van der Waals surface area contributed by atoms with Crippen LogP contribution in [0, 0.1) is 5.92 Å². The number of nitrogens with one attached hydrogen (secondary N) is 4. The normalized spacial score (nSPS) is 14.0. The van der Waals surface area contributed by atoms with E-state index in [0.717, 1.165) is 5.56 Å². The second-order valence-corrected chi connectivity index (χ2v) is 10.7. The summed E-state index contributed by atoms with van der Waals surface area (Å²) < 4.78 is 0. The fourth-order valence-corrected chi connectivity index (χ4v) is 4.41. The molecule has 0 saturated carbocycles. The number of carboxylic acids is 1. The second-order valence-electron chi connectivity index (χ2n) is 9.74. The van der Waals surface area contributed by atoms with Gasteiger partial charge in [0.05, 0.1) is 0 Å². The lowest BCUT2D eigenvalue weighted by Gasteiger charge is -2.26. The van der Waals surface area contributed by atoms with Crippen LogP contribution in [0.5, 0.6) is 0 Å². The molecule has 12 heteroatoms. The summed E-state index contributed by atoms with van der Waals surface area (Å²) in [5, 5.41) is 20.1. The van der Waals surface area contributed by atoms with Crippen LogP contribution in [0.4, 0.5) is 0 Å². The molecule has 4 atom stereocenters. The van der Waals surface area contributed by atoms with Gasteiger partial charge in [-0.15, -0.1) is 0 Å². The molecular weight excluding hydrogens is 522 g/mol. The zero-order chi connectivity index (χ0) is 29.2. The van der Waals surface area contributed by atoms with Crippen molar-refractivity contribution in [2.75, 3.05) is 18.6 Å². The Hall–Kier alpha value is -3.12. The van der Waals surface area contributed by atoms with E-state index in [4.69, 9.17) is 5.73 Å². The maximum atomic E-state index is 13.4. The lowest BCUT2D eigenvalue weighted by atomic mass is 10.00. The minimum absolute atomic E-state index is 0.0325. The largest absolute Gasteiger partial charge is 0.480 e. The zero-order valence-electron chi connectivity index (χ0n) is 23.0. The predicted molar refractivity (Wildman–Crippen MR) is 152 cm³/mol. The molecule has 4 amide bonds.